The summed E-state index contributed by atoms with van der Waals surface area (Å²) in [7, 11) is 1.66. The zero-order chi connectivity index (χ0) is 12.3. The van der Waals surface area contributed by atoms with Gasteiger partial charge in [-0.2, -0.15) is 10.2 Å². The first-order chi connectivity index (χ1) is 8.24. The van der Waals surface area contributed by atoms with Crippen LogP contribution in [-0.2, 0) is 4.74 Å². The maximum atomic E-state index is 13.6. The van der Waals surface area contributed by atoms with Crippen molar-refractivity contribution in [3.05, 3.63) is 12.0 Å². The molecule has 0 spiro atoms. The molecule has 0 aromatic carbocycles. The minimum absolute atomic E-state index is 0.202. The van der Waals surface area contributed by atoms with Crippen LogP contribution in [0.1, 0.15) is 0 Å². The van der Waals surface area contributed by atoms with E-state index in [0.29, 0.717) is 25.6 Å². The van der Waals surface area contributed by atoms with Gasteiger partial charge in [0, 0.05) is 13.6 Å². The monoisotopic (exact) mass is 237 g/mol. The van der Waals surface area contributed by atoms with Crippen molar-refractivity contribution in [3.8, 4) is 6.07 Å². The summed E-state index contributed by atoms with van der Waals surface area (Å²) in [5.74, 6) is 0.0527. The van der Waals surface area contributed by atoms with Crippen LogP contribution < -0.4 is 10.2 Å². The van der Waals surface area contributed by atoms with Gasteiger partial charge < -0.3 is 15.0 Å². The molecule has 0 amide bonds. The van der Waals surface area contributed by atoms with Gasteiger partial charge in [-0.15, -0.1) is 0 Å². The number of morpholine rings is 1. The number of aromatic nitrogens is 2. The molecule has 2 heterocycles. The topological polar surface area (TPSA) is 74.1 Å². The zero-order valence-corrected chi connectivity index (χ0v) is 9.35. The smallest absolute Gasteiger partial charge is 0.224 e. The molecule has 1 aliphatic rings. The Hall–Kier alpha value is -1.94. The van der Waals surface area contributed by atoms with E-state index in [1.165, 1.54) is 0 Å². The standard InChI is InChI=1S/C10H12FN5O/c1-13-10-14-5-8(11)9(15-10)16-2-3-17-7(4-12)6-16/h5,7H,2-3,6H2,1H3,(H,13,14,15). The number of ether oxygens (including phenoxy) is 1. The lowest BCUT2D eigenvalue weighted by Crippen LogP contribution is -2.42. The molecule has 1 aromatic heterocycles. The average molecular weight is 237 g/mol. The van der Waals surface area contributed by atoms with Crippen molar-refractivity contribution in [2.24, 2.45) is 0 Å². The molecule has 1 aliphatic heterocycles. The van der Waals surface area contributed by atoms with Crippen LogP contribution in [0.2, 0.25) is 0 Å². The highest BCUT2D eigenvalue weighted by atomic mass is 19.1. The molecule has 90 valence electrons. The summed E-state index contributed by atoms with van der Waals surface area (Å²) in [5.41, 5.74) is 0. The first kappa shape index (κ1) is 11.5. The van der Waals surface area contributed by atoms with E-state index in [0.717, 1.165) is 6.20 Å². The lowest BCUT2D eigenvalue weighted by Gasteiger charge is -2.30. The van der Waals surface area contributed by atoms with Crippen molar-refractivity contribution in [1.82, 2.24) is 9.97 Å². The van der Waals surface area contributed by atoms with E-state index in [2.05, 4.69) is 15.3 Å². The SMILES string of the molecule is CNc1ncc(F)c(N2CCOC(C#N)C2)n1. The largest absolute Gasteiger partial charge is 0.360 e. The van der Waals surface area contributed by atoms with Gasteiger partial charge in [0.05, 0.1) is 25.4 Å². The van der Waals surface area contributed by atoms with Crippen LogP contribution in [0.5, 0.6) is 0 Å². The van der Waals surface area contributed by atoms with Crippen LogP contribution >= 0.6 is 0 Å². The fourth-order valence-corrected chi connectivity index (χ4v) is 1.62. The Morgan fingerprint density at radius 2 is 2.53 bits per heavy atom. The zero-order valence-electron chi connectivity index (χ0n) is 9.35. The maximum absolute atomic E-state index is 13.6. The van der Waals surface area contributed by atoms with E-state index in [1.807, 2.05) is 6.07 Å². The summed E-state index contributed by atoms with van der Waals surface area (Å²) >= 11 is 0. The molecule has 6 nitrogen and oxygen atoms in total. The van der Waals surface area contributed by atoms with Crippen LogP contribution in [0, 0.1) is 17.1 Å². The lowest BCUT2D eigenvalue weighted by atomic mass is 10.3. The van der Waals surface area contributed by atoms with E-state index < -0.39 is 11.9 Å². The van der Waals surface area contributed by atoms with Crippen LogP contribution in [0.25, 0.3) is 0 Å². The molecular formula is C10H12FN5O. The summed E-state index contributed by atoms with van der Waals surface area (Å²) in [5, 5.41) is 11.5. The van der Waals surface area contributed by atoms with Gasteiger partial charge in [0.15, 0.2) is 17.7 Å². The molecule has 2 rings (SSSR count). The van der Waals surface area contributed by atoms with Crippen molar-refractivity contribution < 1.29 is 9.13 Å². The summed E-state index contributed by atoms with van der Waals surface area (Å²) in [6, 6.07) is 2.01. The van der Waals surface area contributed by atoms with Crippen LogP contribution in [0.3, 0.4) is 0 Å². The minimum atomic E-state index is -0.545. The third kappa shape index (κ3) is 2.42. The fourth-order valence-electron chi connectivity index (χ4n) is 1.62. The van der Waals surface area contributed by atoms with E-state index in [1.54, 1.807) is 11.9 Å². The summed E-state index contributed by atoms with van der Waals surface area (Å²) in [4.78, 5) is 9.51. The molecule has 0 radical (unpaired) electrons. The third-order valence-corrected chi connectivity index (χ3v) is 2.46. The number of anilines is 2. The Balaban J connectivity index is 2.24. The van der Waals surface area contributed by atoms with Gasteiger partial charge in [0.25, 0.3) is 0 Å². The molecule has 1 saturated heterocycles. The molecule has 17 heavy (non-hydrogen) atoms. The van der Waals surface area contributed by atoms with E-state index in [4.69, 9.17) is 10.00 Å². The van der Waals surface area contributed by atoms with Crippen LogP contribution in [-0.4, -0.2) is 42.8 Å². The number of nitrogens with one attached hydrogen (secondary N) is 1. The lowest BCUT2D eigenvalue weighted by molar-refractivity contribution is 0.0758. The molecule has 1 atom stereocenters. The number of rotatable bonds is 2. The molecule has 7 heteroatoms. The average Bonchev–Trinajstić information content (AvgIpc) is 2.39. The Morgan fingerprint density at radius 1 is 1.71 bits per heavy atom. The third-order valence-electron chi connectivity index (χ3n) is 2.46. The number of nitriles is 1. The molecule has 1 fully saturated rings. The number of halogens is 1. The van der Waals surface area contributed by atoms with Crippen molar-refractivity contribution in [2.75, 3.05) is 37.0 Å². The van der Waals surface area contributed by atoms with Gasteiger partial charge in [0.2, 0.25) is 5.95 Å². The normalized spacial score (nSPS) is 19.8. The highest BCUT2D eigenvalue weighted by molar-refractivity contribution is 5.44. The summed E-state index contributed by atoms with van der Waals surface area (Å²) in [6.07, 6.45) is 0.571. The molecule has 1 N–H and O–H groups in total. The van der Waals surface area contributed by atoms with E-state index >= 15 is 0 Å². The first-order valence-electron chi connectivity index (χ1n) is 5.21. The Morgan fingerprint density at radius 3 is 3.24 bits per heavy atom. The van der Waals surface area contributed by atoms with Crippen molar-refractivity contribution >= 4 is 11.8 Å². The summed E-state index contributed by atoms with van der Waals surface area (Å²) < 4.78 is 18.8. The molecular weight excluding hydrogens is 225 g/mol. The molecule has 1 unspecified atom stereocenters. The minimum Gasteiger partial charge on any atom is -0.360 e. The molecule has 0 saturated carbocycles. The van der Waals surface area contributed by atoms with E-state index in [-0.39, 0.29) is 5.82 Å². The van der Waals surface area contributed by atoms with Gasteiger partial charge in [-0.05, 0) is 0 Å². The van der Waals surface area contributed by atoms with E-state index in [9.17, 15) is 4.39 Å². The van der Waals surface area contributed by atoms with Gasteiger partial charge in [-0.3, -0.25) is 0 Å². The van der Waals surface area contributed by atoms with Gasteiger partial charge in [-0.25, -0.2) is 9.37 Å². The second-order valence-electron chi connectivity index (χ2n) is 3.55. The molecule has 0 bridgehead atoms. The maximum Gasteiger partial charge on any atom is 0.224 e. The van der Waals surface area contributed by atoms with Gasteiger partial charge in [0.1, 0.15) is 0 Å². The highest BCUT2D eigenvalue weighted by Crippen LogP contribution is 2.19. The fraction of sp³-hybridized carbons (Fsp3) is 0.500. The molecule has 0 aliphatic carbocycles. The highest BCUT2D eigenvalue weighted by Gasteiger charge is 2.23. The second-order valence-corrected chi connectivity index (χ2v) is 3.55. The number of hydrogen-bond donors (Lipinski definition) is 1. The van der Waals surface area contributed by atoms with Crippen LogP contribution in [0.15, 0.2) is 6.20 Å². The Labute approximate surface area is 98.0 Å². The number of nitrogens with zero attached hydrogens (tertiary/aromatic N) is 4. The van der Waals surface area contributed by atoms with Crippen LogP contribution in [0.4, 0.5) is 16.2 Å². The van der Waals surface area contributed by atoms with Crippen molar-refractivity contribution in [3.63, 3.8) is 0 Å². The predicted molar refractivity (Wildman–Crippen MR) is 59.1 cm³/mol. The predicted octanol–water partition coefficient (Wildman–Crippen LogP) is 0.386. The number of hydrogen-bond acceptors (Lipinski definition) is 6. The first-order valence-corrected chi connectivity index (χ1v) is 5.21. The van der Waals surface area contributed by atoms with Crippen molar-refractivity contribution in [2.45, 2.75) is 6.10 Å². The quantitative estimate of drug-likeness (QED) is 0.801. The van der Waals surface area contributed by atoms with Gasteiger partial charge >= 0.3 is 0 Å². The second kappa shape index (κ2) is 4.93. The van der Waals surface area contributed by atoms with Crippen molar-refractivity contribution in [1.29, 1.82) is 5.26 Å². The Kier molecular flexibility index (Phi) is 3.35. The Bertz CT molecular complexity index is 447. The summed E-state index contributed by atoms with van der Waals surface area (Å²) in [6.45, 7) is 1.21. The van der Waals surface area contributed by atoms with Gasteiger partial charge in [-0.1, -0.05) is 0 Å². The molecule has 1 aromatic rings.